The molecule has 2 nitrogen and oxygen atoms in total. The molecule has 3 heteroatoms. The molecule has 0 spiro atoms. The summed E-state index contributed by atoms with van der Waals surface area (Å²) in [6, 6.07) is 2.82. The van der Waals surface area contributed by atoms with Crippen molar-refractivity contribution in [2.45, 2.75) is 19.4 Å². The third kappa shape index (κ3) is 1.29. The molecule has 0 saturated heterocycles. The Labute approximate surface area is 76.5 Å². The number of fused-ring (bicyclic) bond motifs is 1. The van der Waals surface area contributed by atoms with Crippen LogP contribution in [-0.2, 0) is 6.42 Å². The van der Waals surface area contributed by atoms with Crippen molar-refractivity contribution >= 4 is 0 Å². The maximum Gasteiger partial charge on any atom is 0.128 e. The average Bonchev–Trinajstić information content (AvgIpc) is 2.50. The zero-order valence-electron chi connectivity index (χ0n) is 7.51. The summed E-state index contributed by atoms with van der Waals surface area (Å²) in [5.41, 5.74) is 7.24. The van der Waals surface area contributed by atoms with Gasteiger partial charge in [0.15, 0.2) is 0 Å². The number of hydrogen-bond donors (Lipinski definition) is 1. The van der Waals surface area contributed by atoms with E-state index in [4.69, 9.17) is 10.5 Å². The Balaban J connectivity index is 2.58. The Bertz CT molecular complexity index is 336. The van der Waals surface area contributed by atoms with Crippen molar-refractivity contribution in [1.29, 1.82) is 0 Å². The zero-order valence-corrected chi connectivity index (χ0v) is 7.51. The molecule has 0 unspecified atom stereocenters. The molecule has 0 aromatic heterocycles. The second-order valence-electron chi connectivity index (χ2n) is 3.32. The van der Waals surface area contributed by atoms with Crippen molar-refractivity contribution < 1.29 is 9.13 Å². The van der Waals surface area contributed by atoms with Gasteiger partial charge < -0.3 is 10.5 Å². The van der Waals surface area contributed by atoms with Crippen molar-refractivity contribution in [3.8, 4) is 5.75 Å². The summed E-state index contributed by atoms with van der Waals surface area (Å²) in [6.07, 6.45) is 0.768. The molecular weight excluding hydrogens is 169 g/mol. The van der Waals surface area contributed by atoms with Crippen molar-refractivity contribution in [2.24, 2.45) is 5.73 Å². The van der Waals surface area contributed by atoms with Gasteiger partial charge in [-0.1, -0.05) is 0 Å². The molecule has 0 fully saturated rings. The lowest BCUT2D eigenvalue weighted by molar-refractivity contribution is 0.356. The number of benzene rings is 1. The number of ether oxygens (including phenoxy) is 1. The summed E-state index contributed by atoms with van der Waals surface area (Å²) in [5, 5.41) is 0. The first kappa shape index (κ1) is 8.51. The lowest BCUT2D eigenvalue weighted by Gasteiger charge is -2.11. The molecule has 1 atom stereocenters. The molecule has 0 aliphatic carbocycles. The molecule has 0 saturated carbocycles. The van der Waals surface area contributed by atoms with Crippen molar-refractivity contribution in [1.82, 2.24) is 0 Å². The van der Waals surface area contributed by atoms with Crippen LogP contribution in [0.15, 0.2) is 12.1 Å². The Kier molecular flexibility index (Phi) is 1.96. The second-order valence-corrected chi connectivity index (χ2v) is 3.32. The number of nitrogens with two attached hydrogens (primary N) is 1. The van der Waals surface area contributed by atoms with Crippen LogP contribution in [-0.4, -0.2) is 6.61 Å². The molecule has 0 amide bonds. The largest absolute Gasteiger partial charge is 0.493 e. The molecule has 70 valence electrons. The van der Waals surface area contributed by atoms with E-state index in [1.807, 2.05) is 0 Å². The lowest BCUT2D eigenvalue weighted by atomic mass is 9.99. The molecular formula is C10H12FNO. The Hall–Kier alpha value is -1.09. The number of halogens is 1. The van der Waals surface area contributed by atoms with Gasteiger partial charge in [0.05, 0.1) is 6.61 Å². The lowest BCUT2D eigenvalue weighted by Crippen LogP contribution is -2.10. The summed E-state index contributed by atoms with van der Waals surface area (Å²) in [6.45, 7) is 2.43. The fourth-order valence-electron chi connectivity index (χ4n) is 1.76. The Morgan fingerprint density at radius 3 is 3.00 bits per heavy atom. The quantitative estimate of drug-likeness (QED) is 0.716. The topological polar surface area (TPSA) is 35.2 Å². The molecule has 2 N–H and O–H groups in total. The first-order chi connectivity index (χ1) is 6.20. The highest BCUT2D eigenvalue weighted by Gasteiger charge is 2.21. The van der Waals surface area contributed by atoms with Gasteiger partial charge in [-0.15, -0.1) is 0 Å². The normalized spacial score (nSPS) is 16.5. The highest BCUT2D eigenvalue weighted by atomic mass is 19.1. The second kappa shape index (κ2) is 3.00. The van der Waals surface area contributed by atoms with Gasteiger partial charge in [-0.3, -0.25) is 0 Å². The summed E-state index contributed by atoms with van der Waals surface area (Å²) in [4.78, 5) is 0. The van der Waals surface area contributed by atoms with E-state index in [-0.39, 0.29) is 11.9 Å². The van der Waals surface area contributed by atoms with Gasteiger partial charge in [0, 0.05) is 23.6 Å². The van der Waals surface area contributed by atoms with Crippen LogP contribution in [0.5, 0.6) is 5.75 Å². The predicted molar refractivity (Wildman–Crippen MR) is 48.2 cm³/mol. The van der Waals surface area contributed by atoms with E-state index in [0.717, 1.165) is 17.7 Å². The van der Waals surface area contributed by atoms with Crippen LogP contribution in [0.3, 0.4) is 0 Å². The van der Waals surface area contributed by atoms with Gasteiger partial charge in [-0.25, -0.2) is 4.39 Å². The maximum atomic E-state index is 13.4. The van der Waals surface area contributed by atoms with Crippen LogP contribution in [0.25, 0.3) is 0 Å². The van der Waals surface area contributed by atoms with Crippen LogP contribution in [0, 0.1) is 5.82 Å². The molecule has 13 heavy (non-hydrogen) atoms. The van der Waals surface area contributed by atoms with Gasteiger partial charge >= 0.3 is 0 Å². The maximum absolute atomic E-state index is 13.4. The standard InChI is InChI=1S/C10H12FNO/c1-6(12)10-7-4-5-13-9(7)3-2-8(10)11/h2-3,6H,4-5,12H2,1H3/t6-/m0/s1. The molecule has 1 aromatic rings. The Morgan fingerprint density at radius 1 is 1.54 bits per heavy atom. The van der Waals surface area contributed by atoms with Gasteiger partial charge in [-0.05, 0) is 19.1 Å². The van der Waals surface area contributed by atoms with Crippen LogP contribution < -0.4 is 10.5 Å². The first-order valence-electron chi connectivity index (χ1n) is 4.40. The fourth-order valence-corrected chi connectivity index (χ4v) is 1.76. The highest BCUT2D eigenvalue weighted by Crippen LogP contribution is 2.32. The van der Waals surface area contributed by atoms with E-state index in [2.05, 4.69) is 0 Å². The smallest absolute Gasteiger partial charge is 0.128 e. The van der Waals surface area contributed by atoms with E-state index in [0.29, 0.717) is 12.2 Å². The molecule has 0 bridgehead atoms. The van der Waals surface area contributed by atoms with E-state index < -0.39 is 0 Å². The molecule has 2 rings (SSSR count). The molecule has 1 aromatic carbocycles. The summed E-state index contributed by atoms with van der Waals surface area (Å²) < 4.78 is 18.7. The molecule has 1 aliphatic heterocycles. The highest BCUT2D eigenvalue weighted by molar-refractivity contribution is 5.44. The third-order valence-electron chi connectivity index (χ3n) is 2.33. The minimum atomic E-state index is -0.267. The third-order valence-corrected chi connectivity index (χ3v) is 2.33. The zero-order chi connectivity index (χ0) is 9.42. The van der Waals surface area contributed by atoms with E-state index in [1.165, 1.54) is 6.07 Å². The molecule has 1 heterocycles. The van der Waals surface area contributed by atoms with E-state index >= 15 is 0 Å². The molecule has 1 aliphatic rings. The van der Waals surface area contributed by atoms with Gasteiger partial charge in [0.2, 0.25) is 0 Å². The van der Waals surface area contributed by atoms with Crippen LogP contribution in [0.2, 0.25) is 0 Å². The number of hydrogen-bond acceptors (Lipinski definition) is 2. The summed E-state index contributed by atoms with van der Waals surface area (Å²) in [7, 11) is 0. The van der Waals surface area contributed by atoms with Gasteiger partial charge in [0.1, 0.15) is 11.6 Å². The van der Waals surface area contributed by atoms with E-state index in [9.17, 15) is 4.39 Å². The SMILES string of the molecule is C[C@H](N)c1c(F)ccc2c1CCO2. The van der Waals surface area contributed by atoms with Crippen molar-refractivity contribution in [3.05, 3.63) is 29.1 Å². The minimum Gasteiger partial charge on any atom is -0.493 e. The predicted octanol–water partition coefficient (Wildman–Crippen LogP) is 1.78. The Morgan fingerprint density at radius 2 is 2.31 bits per heavy atom. The number of rotatable bonds is 1. The first-order valence-corrected chi connectivity index (χ1v) is 4.40. The van der Waals surface area contributed by atoms with Crippen molar-refractivity contribution in [2.75, 3.05) is 6.61 Å². The van der Waals surface area contributed by atoms with Crippen LogP contribution >= 0.6 is 0 Å². The summed E-state index contributed by atoms with van der Waals surface area (Å²) in [5.74, 6) is 0.563. The van der Waals surface area contributed by atoms with Crippen molar-refractivity contribution in [3.63, 3.8) is 0 Å². The van der Waals surface area contributed by atoms with Gasteiger partial charge in [-0.2, -0.15) is 0 Å². The van der Waals surface area contributed by atoms with E-state index in [1.54, 1.807) is 13.0 Å². The summed E-state index contributed by atoms with van der Waals surface area (Å²) >= 11 is 0. The average molecular weight is 181 g/mol. The fraction of sp³-hybridized carbons (Fsp3) is 0.400. The van der Waals surface area contributed by atoms with Crippen LogP contribution in [0.4, 0.5) is 4.39 Å². The van der Waals surface area contributed by atoms with Crippen LogP contribution in [0.1, 0.15) is 24.1 Å². The minimum absolute atomic E-state index is 0.223. The molecule has 0 radical (unpaired) electrons. The van der Waals surface area contributed by atoms with Gasteiger partial charge in [0.25, 0.3) is 0 Å². The monoisotopic (exact) mass is 181 g/mol.